The molecule has 1 saturated heterocycles. The topological polar surface area (TPSA) is 42.3 Å². The molecule has 0 aliphatic carbocycles. The van der Waals surface area contributed by atoms with Crippen molar-refractivity contribution in [2.75, 3.05) is 19.7 Å². The summed E-state index contributed by atoms with van der Waals surface area (Å²) < 4.78 is 7.87. The van der Waals surface area contributed by atoms with Crippen LogP contribution < -0.4 is 5.32 Å². The van der Waals surface area contributed by atoms with Crippen molar-refractivity contribution in [2.24, 2.45) is 7.05 Å². The number of morpholine rings is 1. The normalized spacial score (nSPS) is 21.5. The number of nitrogens with zero attached hydrogens (tertiary/aromatic N) is 3. The van der Waals surface area contributed by atoms with Crippen molar-refractivity contribution in [3.8, 4) is 0 Å². The summed E-state index contributed by atoms with van der Waals surface area (Å²) in [7, 11) is 1.95. The van der Waals surface area contributed by atoms with Crippen LogP contribution in [-0.4, -0.2) is 46.5 Å². The second-order valence-electron chi connectivity index (χ2n) is 6.75. The van der Waals surface area contributed by atoms with Crippen LogP contribution in [0.2, 0.25) is 0 Å². The maximum Gasteiger partial charge on any atom is 0.0852 e. The molecule has 2 heterocycles. The van der Waals surface area contributed by atoms with Gasteiger partial charge in [-0.15, -0.1) is 0 Å². The van der Waals surface area contributed by atoms with Crippen LogP contribution in [0.1, 0.15) is 31.0 Å². The van der Waals surface area contributed by atoms with E-state index in [0.29, 0.717) is 6.04 Å². The summed E-state index contributed by atoms with van der Waals surface area (Å²) in [6, 6.07) is 11.2. The molecule has 0 saturated carbocycles. The summed E-state index contributed by atoms with van der Waals surface area (Å²) in [6.45, 7) is 8.14. The van der Waals surface area contributed by atoms with Gasteiger partial charge in [0.2, 0.25) is 0 Å². The Labute approximate surface area is 144 Å². The van der Waals surface area contributed by atoms with Crippen LogP contribution in [0.15, 0.2) is 42.7 Å². The van der Waals surface area contributed by atoms with Crippen LogP contribution in [0.3, 0.4) is 0 Å². The molecule has 5 heteroatoms. The number of aryl methyl sites for hydroxylation is 1. The zero-order valence-electron chi connectivity index (χ0n) is 14.9. The second-order valence-corrected chi connectivity index (χ2v) is 6.75. The number of benzene rings is 1. The average molecular weight is 328 g/mol. The fourth-order valence-electron chi connectivity index (χ4n) is 3.28. The summed E-state index contributed by atoms with van der Waals surface area (Å²) in [4.78, 5) is 2.48. The molecule has 1 fully saturated rings. The summed E-state index contributed by atoms with van der Waals surface area (Å²) >= 11 is 0. The van der Waals surface area contributed by atoms with Crippen LogP contribution in [-0.2, 0) is 18.3 Å². The van der Waals surface area contributed by atoms with Crippen molar-refractivity contribution < 1.29 is 4.74 Å². The molecule has 1 aliphatic rings. The smallest absolute Gasteiger partial charge is 0.0852 e. The molecule has 1 aromatic heterocycles. The van der Waals surface area contributed by atoms with Crippen molar-refractivity contribution in [1.29, 1.82) is 0 Å². The van der Waals surface area contributed by atoms with E-state index in [4.69, 9.17) is 4.74 Å². The van der Waals surface area contributed by atoms with Crippen LogP contribution >= 0.6 is 0 Å². The van der Waals surface area contributed by atoms with E-state index in [1.54, 1.807) is 0 Å². The molecule has 0 bridgehead atoms. The summed E-state index contributed by atoms with van der Waals surface area (Å²) in [6.07, 6.45) is 4.20. The Kier molecular flexibility index (Phi) is 5.66. The number of ether oxygens (including phenoxy) is 1. The predicted octanol–water partition coefficient (Wildman–Crippen LogP) is 2.36. The summed E-state index contributed by atoms with van der Waals surface area (Å²) in [5, 5.41) is 7.91. The Hall–Kier alpha value is -1.69. The molecule has 0 radical (unpaired) electrons. The highest BCUT2D eigenvalue weighted by Crippen LogP contribution is 2.16. The first-order chi connectivity index (χ1) is 11.6. The van der Waals surface area contributed by atoms with E-state index in [9.17, 15) is 0 Å². The molecule has 0 unspecified atom stereocenters. The van der Waals surface area contributed by atoms with Crippen molar-refractivity contribution in [2.45, 2.75) is 38.6 Å². The first-order valence-electron chi connectivity index (χ1n) is 8.74. The first kappa shape index (κ1) is 17.1. The molecule has 3 atom stereocenters. The lowest BCUT2D eigenvalue weighted by Crippen LogP contribution is -2.51. The molecule has 130 valence electrons. The first-order valence-corrected chi connectivity index (χ1v) is 8.74. The van der Waals surface area contributed by atoms with Crippen molar-refractivity contribution in [3.05, 3.63) is 53.9 Å². The highest BCUT2D eigenvalue weighted by Gasteiger charge is 2.26. The molecule has 1 N–H and O–H groups in total. The molecule has 0 amide bonds. The number of hydrogen-bond donors (Lipinski definition) is 1. The van der Waals surface area contributed by atoms with Gasteiger partial charge in [-0.05, 0) is 19.4 Å². The quantitative estimate of drug-likeness (QED) is 0.884. The van der Waals surface area contributed by atoms with Crippen LogP contribution in [0.5, 0.6) is 0 Å². The molecular weight excluding hydrogens is 300 g/mol. The van der Waals surface area contributed by atoms with Crippen molar-refractivity contribution >= 4 is 0 Å². The van der Waals surface area contributed by atoms with E-state index in [0.717, 1.165) is 26.2 Å². The Morgan fingerprint density at radius 2 is 2.08 bits per heavy atom. The van der Waals surface area contributed by atoms with Crippen LogP contribution in [0.4, 0.5) is 0 Å². The van der Waals surface area contributed by atoms with Crippen molar-refractivity contribution in [1.82, 2.24) is 20.0 Å². The largest absolute Gasteiger partial charge is 0.374 e. The minimum atomic E-state index is 0.210. The Bertz CT molecular complexity index is 627. The molecule has 2 aromatic rings. The maximum absolute atomic E-state index is 6.02. The van der Waals surface area contributed by atoms with Gasteiger partial charge >= 0.3 is 0 Å². The molecule has 3 rings (SSSR count). The lowest BCUT2D eigenvalue weighted by Gasteiger charge is -2.37. The third kappa shape index (κ3) is 4.44. The standard InChI is InChI=1S/C19H28N4O/c1-15(18-11-20-22(3)13-18)21-16(2)19-14-23(9-10-24-19)12-17-7-5-4-6-8-17/h4-8,11,13,15-16,19,21H,9-10,12,14H2,1-3H3/t15-,16-,19+/m0/s1. The Balaban J connectivity index is 1.53. The van der Waals surface area contributed by atoms with Crippen LogP contribution in [0, 0.1) is 0 Å². The second kappa shape index (κ2) is 7.92. The van der Waals surface area contributed by atoms with Crippen LogP contribution in [0.25, 0.3) is 0 Å². The number of rotatable bonds is 6. The van der Waals surface area contributed by atoms with E-state index in [2.05, 4.69) is 65.7 Å². The van der Waals surface area contributed by atoms with Gasteiger partial charge in [-0.2, -0.15) is 5.10 Å². The van der Waals surface area contributed by atoms with E-state index in [1.807, 2.05) is 17.9 Å². The van der Waals surface area contributed by atoms with Gasteiger partial charge in [0, 0.05) is 50.5 Å². The third-order valence-electron chi connectivity index (χ3n) is 4.72. The number of aromatic nitrogens is 2. The average Bonchev–Trinajstić information content (AvgIpc) is 3.03. The van der Waals surface area contributed by atoms with Gasteiger partial charge in [-0.1, -0.05) is 30.3 Å². The number of nitrogens with one attached hydrogen (secondary N) is 1. The minimum Gasteiger partial charge on any atom is -0.374 e. The molecule has 1 aliphatic heterocycles. The van der Waals surface area contributed by atoms with Gasteiger partial charge in [0.05, 0.1) is 18.9 Å². The zero-order valence-corrected chi connectivity index (χ0v) is 14.9. The fourth-order valence-corrected chi connectivity index (χ4v) is 3.28. The molecular formula is C19H28N4O. The maximum atomic E-state index is 6.02. The van der Waals surface area contributed by atoms with Crippen molar-refractivity contribution in [3.63, 3.8) is 0 Å². The highest BCUT2D eigenvalue weighted by molar-refractivity contribution is 5.14. The Morgan fingerprint density at radius 3 is 2.79 bits per heavy atom. The monoisotopic (exact) mass is 328 g/mol. The van der Waals surface area contributed by atoms with Gasteiger partial charge in [-0.25, -0.2) is 0 Å². The Morgan fingerprint density at radius 1 is 1.29 bits per heavy atom. The lowest BCUT2D eigenvalue weighted by atomic mass is 10.1. The van der Waals surface area contributed by atoms with Gasteiger partial charge < -0.3 is 10.1 Å². The van der Waals surface area contributed by atoms with E-state index >= 15 is 0 Å². The third-order valence-corrected chi connectivity index (χ3v) is 4.72. The molecule has 5 nitrogen and oxygen atoms in total. The fraction of sp³-hybridized carbons (Fsp3) is 0.526. The van der Waals surface area contributed by atoms with Gasteiger partial charge in [-0.3, -0.25) is 9.58 Å². The predicted molar refractivity (Wildman–Crippen MR) is 95.7 cm³/mol. The molecule has 0 spiro atoms. The highest BCUT2D eigenvalue weighted by atomic mass is 16.5. The number of hydrogen-bond acceptors (Lipinski definition) is 4. The van der Waals surface area contributed by atoms with Gasteiger partial charge in [0.25, 0.3) is 0 Å². The van der Waals surface area contributed by atoms with E-state index in [-0.39, 0.29) is 12.1 Å². The van der Waals surface area contributed by atoms with E-state index < -0.39 is 0 Å². The summed E-state index contributed by atoms with van der Waals surface area (Å²) in [5.41, 5.74) is 2.57. The minimum absolute atomic E-state index is 0.210. The summed E-state index contributed by atoms with van der Waals surface area (Å²) in [5.74, 6) is 0. The van der Waals surface area contributed by atoms with E-state index in [1.165, 1.54) is 11.1 Å². The van der Waals surface area contributed by atoms with Gasteiger partial charge in [0.15, 0.2) is 0 Å². The lowest BCUT2D eigenvalue weighted by molar-refractivity contribution is -0.0474. The molecule has 24 heavy (non-hydrogen) atoms. The van der Waals surface area contributed by atoms with Gasteiger partial charge in [0.1, 0.15) is 0 Å². The molecule has 1 aromatic carbocycles. The SMILES string of the molecule is C[C@H](N[C@@H](C)[C@H]1CN(Cc2ccccc2)CCO1)c1cnn(C)c1. The zero-order chi connectivity index (χ0) is 16.9.